The third-order valence-corrected chi connectivity index (χ3v) is 11.7. The van der Waals surface area contributed by atoms with E-state index in [1.807, 2.05) is 0 Å². The first-order chi connectivity index (χ1) is 24.0. The van der Waals surface area contributed by atoms with Crippen LogP contribution in [0.25, 0.3) is 0 Å². The lowest BCUT2D eigenvalue weighted by molar-refractivity contribution is -0.222. The molecule has 0 atom stereocenters. The van der Waals surface area contributed by atoms with E-state index in [2.05, 4.69) is 0 Å². The molecule has 0 bridgehead atoms. The number of benzene rings is 4. The minimum atomic E-state index is -1.15. The Morgan fingerprint density at radius 2 is 0.860 bits per heavy atom. The van der Waals surface area contributed by atoms with Gasteiger partial charge in [0.15, 0.2) is 0 Å². The maximum Gasteiger partial charge on any atom is 0.438 e. The molecule has 262 valence electrons. The Bertz CT molecular complexity index is 1750. The summed E-state index contributed by atoms with van der Waals surface area (Å²) >= 11 is 15.1. The number of halogens is 6. The highest BCUT2D eigenvalue weighted by Crippen LogP contribution is 2.42. The van der Waals surface area contributed by atoms with E-state index >= 15 is 0 Å². The predicted molar refractivity (Wildman–Crippen MR) is 183 cm³/mol. The molecule has 6 nitrogen and oxygen atoms in total. The zero-order valence-electron chi connectivity index (χ0n) is 26.4. The van der Waals surface area contributed by atoms with Crippen molar-refractivity contribution in [3.63, 3.8) is 0 Å². The third-order valence-electron chi connectivity index (χ3n) is 8.55. The number of hydrogen-bond donors (Lipinski definition) is 0. The summed E-state index contributed by atoms with van der Waals surface area (Å²) < 4.78 is 55.7. The van der Waals surface area contributed by atoms with Gasteiger partial charge in [-0.1, -0.05) is 46.7 Å². The SMILES string of the molecule is O=C(ON1CCC(c2cc(F)ccc2Sc2ccc(F)cc2Cl)CC1)C(=O)ON1CCC(c2cc(F)ccc2Sc2ccc(F)cc2Cl)CC1. The molecule has 2 saturated heterocycles. The highest BCUT2D eigenvalue weighted by Gasteiger charge is 2.31. The number of carbonyl (C=O) groups excluding carboxylic acids is 2. The lowest BCUT2D eigenvalue weighted by Gasteiger charge is -2.32. The Morgan fingerprint density at radius 1 is 0.540 bits per heavy atom. The molecule has 2 fully saturated rings. The van der Waals surface area contributed by atoms with Crippen molar-refractivity contribution in [3.05, 3.63) is 117 Å². The van der Waals surface area contributed by atoms with E-state index in [1.54, 1.807) is 24.3 Å². The number of hydroxylamine groups is 4. The van der Waals surface area contributed by atoms with E-state index in [0.29, 0.717) is 61.7 Å². The van der Waals surface area contributed by atoms with E-state index < -0.39 is 23.6 Å². The van der Waals surface area contributed by atoms with E-state index in [0.717, 1.165) is 20.9 Å². The number of nitrogens with zero attached hydrogens (tertiary/aromatic N) is 2. The predicted octanol–water partition coefficient (Wildman–Crippen LogP) is 9.83. The molecule has 0 amide bonds. The van der Waals surface area contributed by atoms with Gasteiger partial charge in [0.1, 0.15) is 23.3 Å². The van der Waals surface area contributed by atoms with E-state index in [9.17, 15) is 27.2 Å². The van der Waals surface area contributed by atoms with Crippen LogP contribution in [0.5, 0.6) is 0 Å². The second-order valence-electron chi connectivity index (χ2n) is 11.9. The third kappa shape index (κ3) is 9.15. The van der Waals surface area contributed by atoms with Gasteiger partial charge in [0.2, 0.25) is 0 Å². The van der Waals surface area contributed by atoms with Crippen molar-refractivity contribution >= 4 is 58.7 Å². The number of rotatable bonds is 8. The van der Waals surface area contributed by atoms with Gasteiger partial charge < -0.3 is 9.68 Å². The Hall–Kier alpha value is -3.26. The zero-order chi connectivity index (χ0) is 35.4. The Morgan fingerprint density at radius 3 is 1.20 bits per heavy atom. The molecule has 4 aromatic carbocycles. The van der Waals surface area contributed by atoms with Crippen LogP contribution in [-0.4, -0.2) is 48.2 Å². The zero-order valence-corrected chi connectivity index (χ0v) is 29.5. The van der Waals surface area contributed by atoms with Crippen molar-refractivity contribution in [3.8, 4) is 0 Å². The molecule has 6 rings (SSSR count). The first kappa shape index (κ1) is 36.5. The maximum absolute atomic E-state index is 14.3. The van der Waals surface area contributed by atoms with Gasteiger partial charge in [0, 0.05) is 45.8 Å². The average molecular weight is 766 g/mol. The molecule has 14 heteroatoms. The first-order valence-corrected chi connectivity index (χ1v) is 18.2. The van der Waals surface area contributed by atoms with Crippen LogP contribution in [0.4, 0.5) is 17.6 Å². The van der Waals surface area contributed by atoms with Gasteiger partial charge in [-0.25, -0.2) is 27.2 Å². The molecule has 0 aromatic heterocycles. The van der Waals surface area contributed by atoms with Gasteiger partial charge in [-0.05, 0) is 121 Å². The first-order valence-electron chi connectivity index (χ1n) is 15.8. The fourth-order valence-corrected chi connectivity index (χ4v) is 8.62. The summed E-state index contributed by atoms with van der Waals surface area (Å²) in [7, 11) is 0. The van der Waals surface area contributed by atoms with Crippen LogP contribution in [0.2, 0.25) is 10.0 Å². The van der Waals surface area contributed by atoms with Crippen LogP contribution in [0, 0.1) is 23.3 Å². The monoisotopic (exact) mass is 764 g/mol. The lowest BCUT2D eigenvalue weighted by Crippen LogP contribution is -2.41. The fourth-order valence-electron chi connectivity index (χ4n) is 6.04. The normalized spacial score (nSPS) is 16.4. The summed E-state index contributed by atoms with van der Waals surface area (Å²) in [6, 6.07) is 17.2. The summed E-state index contributed by atoms with van der Waals surface area (Å²) in [4.78, 5) is 38.8. The molecule has 0 aliphatic carbocycles. The van der Waals surface area contributed by atoms with Crippen LogP contribution in [-0.2, 0) is 19.3 Å². The molecule has 2 heterocycles. The van der Waals surface area contributed by atoms with Crippen LogP contribution in [0.1, 0.15) is 48.6 Å². The minimum absolute atomic E-state index is 0.0553. The van der Waals surface area contributed by atoms with Crippen molar-refractivity contribution in [2.45, 2.75) is 57.1 Å². The Labute approximate surface area is 304 Å². The van der Waals surface area contributed by atoms with Crippen molar-refractivity contribution in [1.82, 2.24) is 10.1 Å². The van der Waals surface area contributed by atoms with Crippen molar-refractivity contribution in [1.29, 1.82) is 0 Å². The minimum Gasteiger partial charge on any atom is -0.359 e. The number of piperidine rings is 2. The molecule has 0 spiro atoms. The summed E-state index contributed by atoms with van der Waals surface area (Å²) in [6.07, 6.45) is 2.10. The summed E-state index contributed by atoms with van der Waals surface area (Å²) in [5.74, 6) is -4.09. The molecule has 0 unspecified atom stereocenters. The largest absolute Gasteiger partial charge is 0.438 e. The molecule has 0 N–H and O–H groups in total. The van der Waals surface area contributed by atoms with Crippen LogP contribution < -0.4 is 0 Å². The number of hydrogen-bond acceptors (Lipinski definition) is 8. The maximum atomic E-state index is 14.3. The quantitative estimate of drug-likeness (QED) is 0.130. The fraction of sp³-hybridized carbons (Fsp3) is 0.278. The molecule has 2 aliphatic heterocycles. The number of carbonyl (C=O) groups is 2. The standard InChI is InChI=1S/C36H30Cl2F4N2O4S2/c37-29-19-25(41)3-7-33(29)49-31-5-1-23(39)17-27(31)21-9-13-43(14-10-21)47-35(45)36(46)48-44-15-11-22(12-16-44)28-18-24(40)2-6-32(28)50-34-8-4-26(42)20-30(34)38/h1-8,17-22H,9-16H2. The Kier molecular flexibility index (Phi) is 12.0. The lowest BCUT2D eigenvalue weighted by atomic mass is 9.90. The second-order valence-corrected chi connectivity index (χ2v) is 14.9. The summed E-state index contributed by atoms with van der Waals surface area (Å²) in [6.45, 7) is 1.24. The summed E-state index contributed by atoms with van der Waals surface area (Å²) in [5, 5.41) is 3.30. The topological polar surface area (TPSA) is 59.1 Å². The highest BCUT2D eigenvalue weighted by atomic mass is 35.5. The van der Waals surface area contributed by atoms with Crippen molar-refractivity contribution in [2.24, 2.45) is 0 Å². The average Bonchev–Trinajstić information content (AvgIpc) is 3.09. The van der Waals surface area contributed by atoms with E-state index in [-0.39, 0.29) is 33.5 Å². The van der Waals surface area contributed by atoms with E-state index in [1.165, 1.54) is 82.2 Å². The molecular formula is C36H30Cl2F4N2O4S2. The molecule has 0 saturated carbocycles. The van der Waals surface area contributed by atoms with Crippen LogP contribution >= 0.6 is 46.7 Å². The molecular weight excluding hydrogens is 735 g/mol. The second kappa shape index (κ2) is 16.4. The molecule has 4 aromatic rings. The Balaban J connectivity index is 0.992. The van der Waals surface area contributed by atoms with Crippen molar-refractivity contribution < 1.29 is 36.8 Å². The smallest absolute Gasteiger partial charge is 0.359 e. The van der Waals surface area contributed by atoms with Crippen LogP contribution in [0.15, 0.2) is 92.4 Å². The van der Waals surface area contributed by atoms with Gasteiger partial charge in [-0.2, -0.15) is 0 Å². The summed E-state index contributed by atoms with van der Waals surface area (Å²) in [5.41, 5.74) is 1.54. The van der Waals surface area contributed by atoms with Gasteiger partial charge in [0.25, 0.3) is 0 Å². The van der Waals surface area contributed by atoms with Gasteiger partial charge >= 0.3 is 11.9 Å². The highest BCUT2D eigenvalue weighted by molar-refractivity contribution is 7.99. The van der Waals surface area contributed by atoms with Crippen molar-refractivity contribution in [2.75, 3.05) is 26.2 Å². The molecule has 50 heavy (non-hydrogen) atoms. The van der Waals surface area contributed by atoms with Gasteiger partial charge in [-0.15, -0.1) is 10.1 Å². The molecule has 0 radical (unpaired) electrons. The van der Waals surface area contributed by atoms with Gasteiger partial charge in [-0.3, -0.25) is 0 Å². The van der Waals surface area contributed by atoms with E-state index in [4.69, 9.17) is 32.9 Å². The molecule has 2 aliphatic rings. The van der Waals surface area contributed by atoms with Gasteiger partial charge in [0.05, 0.1) is 10.0 Å². The van der Waals surface area contributed by atoms with Crippen LogP contribution in [0.3, 0.4) is 0 Å².